The lowest BCUT2D eigenvalue weighted by molar-refractivity contribution is -0.384. The average Bonchev–Trinajstić information content (AvgIpc) is 2.56. The largest absolute Gasteiger partial charge is 0.465 e. The molecule has 0 aliphatic carbocycles. The van der Waals surface area contributed by atoms with E-state index in [1.807, 2.05) is 0 Å². The molecule has 1 N–H and O–H groups in total. The minimum atomic E-state index is -0.810. The van der Waals surface area contributed by atoms with Gasteiger partial charge >= 0.3 is 5.97 Å². The molecule has 0 atom stereocenters. The lowest BCUT2D eigenvalue weighted by Gasteiger charge is -2.09. The first-order valence-corrected chi connectivity index (χ1v) is 6.77. The van der Waals surface area contributed by atoms with E-state index in [9.17, 15) is 24.1 Å². The second kappa shape index (κ2) is 6.86. The normalized spacial score (nSPS) is 10.1. The van der Waals surface area contributed by atoms with Crippen molar-refractivity contribution in [3.63, 3.8) is 0 Å². The van der Waals surface area contributed by atoms with Gasteiger partial charge in [-0.05, 0) is 30.7 Å². The first-order valence-electron chi connectivity index (χ1n) is 6.77. The Morgan fingerprint density at radius 2 is 1.83 bits per heavy atom. The summed E-state index contributed by atoms with van der Waals surface area (Å²) in [5.74, 6) is -2.06. The van der Waals surface area contributed by atoms with Crippen LogP contribution in [0.5, 0.6) is 0 Å². The molecule has 8 heteroatoms. The summed E-state index contributed by atoms with van der Waals surface area (Å²) < 4.78 is 17.8. The number of nitro groups is 1. The van der Waals surface area contributed by atoms with E-state index >= 15 is 0 Å². The van der Waals surface area contributed by atoms with E-state index in [1.54, 1.807) is 6.92 Å². The number of nitrogens with one attached hydrogen (secondary N) is 1. The van der Waals surface area contributed by atoms with Gasteiger partial charge in [-0.25, -0.2) is 9.18 Å². The van der Waals surface area contributed by atoms with Crippen LogP contribution in [0.1, 0.15) is 26.3 Å². The van der Waals surface area contributed by atoms with Crippen LogP contribution in [0.3, 0.4) is 0 Å². The van der Waals surface area contributed by atoms with Crippen LogP contribution in [0.25, 0.3) is 0 Å². The molecular weight excluding hydrogens is 319 g/mol. The number of carbonyl (C=O) groups excluding carboxylic acids is 2. The van der Waals surface area contributed by atoms with Crippen molar-refractivity contribution in [2.45, 2.75) is 6.92 Å². The van der Waals surface area contributed by atoms with Gasteiger partial charge in [-0.3, -0.25) is 14.9 Å². The van der Waals surface area contributed by atoms with Crippen LogP contribution in [0.4, 0.5) is 15.8 Å². The van der Waals surface area contributed by atoms with Crippen molar-refractivity contribution in [1.82, 2.24) is 0 Å². The van der Waals surface area contributed by atoms with Gasteiger partial charge in [0.25, 0.3) is 11.6 Å². The average molecular weight is 332 g/mol. The van der Waals surface area contributed by atoms with Crippen molar-refractivity contribution in [3.05, 3.63) is 69.0 Å². The fourth-order valence-corrected chi connectivity index (χ4v) is 2.01. The van der Waals surface area contributed by atoms with Crippen molar-refractivity contribution in [1.29, 1.82) is 0 Å². The molecule has 2 aromatic carbocycles. The molecule has 0 aliphatic heterocycles. The number of benzene rings is 2. The lowest BCUT2D eigenvalue weighted by atomic mass is 10.1. The van der Waals surface area contributed by atoms with E-state index in [2.05, 4.69) is 10.1 Å². The second-order valence-electron chi connectivity index (χ2n) is 4.93. The lowest BCUT2D eigenvalue weighted by Crippen LogP contribution is -2.14. The molecule has 0 heterocycles. The molecule has 0 aromatic heterocycles. The summed E-state index contributed by atoms with van der Waals surface area (Å²) in [4.78, 5) is 34.1. The Kier molecular flexibility index (Phi) is 4.88. The Morgan fingerprint density at radius 1 is 1.17 bits per heavy atom. The summed E-state index contributed by atoms with van der Waals surface area (Å²) in [6.45, 7) is 1.67. The van der Waals surface area contributed by atoms with Crippen LogP contribution >= 0.6 is 0 Å². The number of non-ortho nitro benzene ring substituents is 1. The molecule has 0 bridgehead atoms. The third-order valence-electron chi connectivity index (χ3n) is 3.26. The van der Waals surface area contributed by atoms with Gasteiger partial charge in [-0.15, -0.1) is 0 Å². The number of carbonyl (C=O) groups is 2. The Balaban J connectivity index is 2.41. The molecule has 7 nitrogen and oxygen atoms in total. The Labute approximate surface area is 136 Å². The highest BCUT2D eigenvalue weighted by molar-refractivity contribution is 6.06. The van der Waals surface area contributed by atoms with Crippen LogP contribution in [-0.4, -0.2) is 23.9 Å². The number of rotatable bonds is 4. The number of nitro benzene ring substituents is 1. The van der Waals surface area contributed by atoms with E-state index in [0.717, 1.165) is 25.3 Å². The molecule has 0 saturated carbocycles. The molecular formula is C16H13FN2O5. The molecule has 0 unspecified atom stereocenters. The van der Waals surface area contributed by atoms with Crippen molar-refractivity contribution >= 4 is 23.3 Å². The van der Waals surface area contributed by atoms with E-state index < -0.39 is 28.3 Å². The first-order chi connectivity index (χ1) is 11.3. The second-order valence-corrected chi connectivity index (χ2v) is 4.93. The van der Waals surface area contributed by atoms with Gasteiger partial charge in [-0.2, -0.15) is 0 Å². The maximum Gasteiger partial charge on any atom is 0.338 e. The fraction of sp³-hybridized carbons (Fsp3) is 0.125. The molecule has 124 valence electrons. The molecule has 0 spiro atoms. The molecule has 2 rings (SSSR count). The third-order valence-corrected chi connectivity index (χ3v) is 3.26. The van der Waals surface area contributed by atoms with E-state index in [4.69, 9.17) is 0 Å². The van der Waals surface area contributed by atoms with Gasteiger partial charge in [0.2, 0.25) is 0 Å². The molecule has 0 aliphatic rings. The highest BCUT2D eigenvalue weighted by Crippen LogP contribution is 2.21. The van der Waals surface area contributed by atoms with E-state index in [0.29, 0.717) is 5.56 Å². The van der Waals surface area contributed by atoms with Crippen LogP contribution < -0.4 is 5.32 Å². The smallest absolute Gasteiger partial charge is 0.338 e. The monoisotopic (exact) mass is 332 g/mol. The van der Waals surface area contributed by atoms with Gasteiger partial charge in [0, 0.05) is 23.4 Å². The molecule has 1 amide bonds. The quantitative estimate of drug-likeness (QED) is 0.527. The highest BCUT2D eigenvalue weighted by Gasteiger charge is 2.19. The minimum Gasteiger partial charge on any atom is -0.465 e. The van der Waals surface area contributed by atoms with Crippen LogP contribution in [0.15, 0.2) is 36.4 Å². The number of esters is 1. The van der Waals surface area contributed by atoms with Gasteiger partial charge in [-0.1, -0.05) is 6.07 Å². The van der Waals surface area contributed by atoms with Gasteiger partial charge < -0.3 is 10.1 Å². The number of amides is 1. The summed E-state index contributed by atoms with van der Waals surface area (Å²) >= 11 is 0. The SMILES string of the molecule is COC(=O)c1cc(C(=O)Nc2cc(F)ccc2C)cc([N+](=O)[O-])c1. The number of nitrogens with zero attached hydrogens (tertiary/aromatic N) is 1. The summed E-state index contributed by atoms with van der Waals surface area (Å²) in [5.41, 5.74) is 0.162. The number of halogens is 1. The van der Waals surface area contributed by atoms with Crippen LogP contribution in [-0.2, 0) is 4.74 Å². The summed E-state index contributed by atoms with van der Waals surface area (Å²) in [7, 11) is 1.12. The first kappa shape index (κ1) is 17.1. The molecule has 0 radical (unpaired) electrons. The predicted molar refractivity (Wildman–Crippen MR) is 83.5 cm³/mol. The van der Waals surface area contributed by atoms with Crippen LogP contribution in [0, 0.1) is 22.9 Å². The topological polar surface area (TPSA) is 98.5 Å². The fourth-order valence-electron chi connectivity index (χ4n) is 2.01. The van der Waals surface area contributed by atoms with Gasteiger partial charge in [0.05, 0.1) is 17.6 Å². The molecule has 2 aromatic rings. The van der Waals surface area contributed by atoms with E-state index in [1.165, 1.54) is 18.2 Å². The third kappa shape index (κ3) is 3.72. The minimum absolute atomic E-state index is 0.117. The van der Waals surface area contributed by atoms with Crippen molar-refractivity contribution in [2.24, 2.45) is 0 Å². The molecule has 0 saturated heterocycles. The summed E-state index contributed by atoms with van der Waals surface area (Å²) in [6, 6.07) is 7.06. The maximum atomic E-state index is 13.3. The van der Waals surface area contributed by atoms with Gasteiger partial charge in [0.15, 0.2) is 0 Å². The van der Waals surface area contributed by atoms with Gasteiger partial charge in [0.1, 0.15) is 5.82 Å². The van der Waals surface area contributed by atoms with Crippen molar-refractivity contribution in [3.8, 4) is 0 Å². The summed E-state index contributed by atoms with van der Waals surface area (Å²) in [5, 5.41) is 13.4. The number of anilines is 1. The predicted octanol–water partition coefficient (Wildman–Crippen LogP) is 3.08. The van der Waals surface area contributed by atoms with Crippen LogP contribution in [0.2, 0.25) is 0 Å². The Morgan fingerprint density at radius 3 is 2.46 bits per heavy atom. The number of methoxy groups -OCH3 is 1. The van der Waals surface area contributed by atoms with E-state index in [-0.39, 0.29) is 16.8 Å². The highest BCUT2D eigenvalue weighted by atomic mass is 19.1. The van der Waals surface area contributed by atoms with Crippen molar-refractivity contribution < 1.29 is 23.6 Å². The number of ether oxygens (including phenoxy) is 1. The zero-order valence-electron chi connectivity index (χ0n) is 12.8. The standard InChI is InChI=1S/C16H13FN2O5/c1-9-3-4-12(17)8-14(9)18-15(20)10-5-11(16(21)24-2)7-13(6-10)19(22)23/h3-8H,1-2H3,(H,18,20). The number of hydrogen-bond acceptors (Lipinski definition) is 5. The number of hydrogen-bond donors (Lipinski definition) is 1. The maximum absolute atomic E-state index is 13.3. The zero-order chi connectivity index (χ0) is 17.9. The summed E-state index contributed by atoms with van der Waals surface area (Å²) in [6.07, 6.45) is 0. The molecule has 24 heavy (non-hydrogen) atoms. The molecule has 0 fully saturated rings. The number of aryl methyl sites for hydroxylation is 1. The van der Waals surface area contributed by atoms with Crippen molar-refractivity contribution in [2.75, 3.05) is 12.4 Å². The Bertz CT molecular complexity index is 835. The zero-order valence-corrected chi connectivity index (χ0v) is 12.8. The Hall–Kier alpha value is -3.29.